The molecule has 1 heterocycles. The van der Waals surface area contributed by atoms with Crippen LogP contribution < -0.4 is 0 Å². The average molecular weight is 216 g/mol. The first-order valence-corrected chi connectivity index (χ1v) is 5.42. The fourth-order valence-electron chi connectivity index (χ4n) is 2.00. The lowest BCUT2D eigenvalue weighted by Crippen LogP contribution is -2.43. The number of ether oxygens (including phenoxy) is 2. The molecule has 1 aliphatic rings. The van der Waals surface area contributed by atoms with Crippen molar-refractivity contribution >= 4 is 5.97 Å². The van der Waals surface area contributed by atoms with Crippen LogP contribution in [-0.2, 0) is 14.3 Å². The Labute approximate surface area is 90.6 Å². The van der Waals surface area contributed by atoms with Crippen molar-refractivity contribution in [1.29, 1.82) is 0 Å². The Morgan fingerprint density at radius 2 is 2.40 bits per heavy atom. The van der Waals surface area contributed by atoms with Gasteiger partial charge in [-0.25, -0.2) is 4.79 Å². The second-order valence-electron chi connectivity index (χ2n) is 4.37. The molecule has 1 fully saturated rings. The van der Waals surface area contributed by atoms with Gasteiger partial charge in [0.15, 0.2) is 6.10 Å². The highest BCUT2D eigenvalue weighted by atomic mass is 16.5. The van der Waals surface area contributed by atoms with Crippen molar-refractivity contribution in [3.05, 3.63) is 0 Å². The molecule has 0 aromatic rings. The van der Waals surface area contributed by atoms with Gasteiger partial charge in [0.2, 0.25) is 0 Å². The van der Waals surface area contributed by atoms with E-state index >= 15 is 0 Å². The molecule has 0 radical (unpaired) electrons. The standard InChI is InChI=1S/C11H20O4/c1-4-11(2)7-8(5-6-15-11)9(12)10(13)14-3/h8-9,12H,4-7H2,1-3H3. The van der Waals surface area contributed by atoms with E-state index in [2.05, 4.69) is 4.74 Å². The summed E-state index contributed by atoms with van der Waals surface area (Å²) in [5.74, 6) is -0.587. The molecule has 1 N–H and O–H groups in total. The summed E-state index contributed by atoms with van der Waals surface area (Å²) in [6.07, 6.45) is 1.30. The lowest BCUT2D eigenvalue weighted by Gasteiger charge is -2.38. The predicted molar refractivity (Wildman–Crippen MR) is 55.4 cm³/mol. The molecule has 1 rings (SSSR count). The van der Waals surface area contributed by atoms with Gasteiger partial charge < -0.3 is 14.6 Å². The average Bonchev–Trinajstić information content (AvgIpc) is 2.27. The summed E-state index contributed by atoms with van der Waals surface area (Å²) in [6, 6.07) is 0. The first kappa shape index (κ1) is 12.5. The summed E-state index contributed by atoms with van der Waals surface area (Å²) in [4.78, 5) is 11.2. The smallest absolute Gasteiger partial charge is 0.334 e. The van der Waals surface area contributed by atoms with Crippen molar-refractivity contribution < 1.29 is 19.4 Å². The summed E-state index contributed by atoms with van der Waals surface area (Å²) in [5, 5.41) is 9.74. The topological polar surface area (TPSA) is 55.8 Å². The van der Waals surface area contributed by atoms with Crippen LogP contribution >= 0.6 is 0 Å². The van der Waals surface area contributed by atoms with Crippen LogP contribution in [0.1, 0.15) is 33.1 Å². The molecule has 3 unspecified atom stereocenters. The second kappa shape index (κ2) is 4.94. The van der Waals surface area contributed by atoms with Gasteiger partial charge in [-0.2, -0.15) is 0 Å². The molecule has 0 amide bonds. The Hall–Kier alpha value is -0.610. The normalized spacial score (nSPS) is 33.5. The maximum atomic E-state index is 11.2. The minimum absolute atomic E-state index is 0.0452. The van der Waals surface area contributed by atoms with Crippen molar-refractivity contribution in [2.45, 2.75) is 44.8 Å². The third-order valence-electron chi connectivity index (χ3n) is 3.27. The zero-order chi connectivity index (χ0) is 11.5. The van der Waals surface area contributed by atoms with Crippen LogP contribution in [0.5, 0.6) is 0 Å². The summed E-state index contributed by atoms with van der Waals surface area (Å²) in [7, 11) is 1.30. The van der Waals surface area contributed by atoms with E-state index in [4.69, 9.17) is 4.74 Å². The van der Waals surface area contributed by atoms with Gasteiger partial charge in [-0.05, 0) is 26.2 Å². The molecular formula is C11H20O4. The molecule has 1 aliphatic heterocycles. The molecule has 3 atom stereocenters. The van der Waals surface area contributed by atoms with E-state index in [1.165, 1.54) is 7.11 Å². The summed E-state index contributed by atoms with van der Waals surface area (Å²) < 4.78 is 10.2. The van der Waals surface area contributed by atoms with Crippen LogP contribution in [0, 0.1) is 5.92 Å². The van der Waals surface area contributed by atoms with Crippen LogP contribution in [0.25, 0.3) is 0 Å². The molecule has 1 saturated heterocycles. The maximum absolute atomic E-state index is 11.2. The van der Waals surface area contributed by atoms with Crippen LogP contribution in [0.4, 0.5) is 0 Å². The van der Waals surface area contributed by atoms with Gasteiger partial charge in [0.05, 0.1) is 12.7 Å². The van der Waals surface area contributed by atoms with Crippen molar-refractivity contribution in [2.75, 3.05) is 13.7 Å². The van der Waals surface area contributed by atoms with Crippen LogP contribution in [0.15, 0.2) is 0 Å². The monoisotopic (exact) mass is 216 g/mol. The largest absolute Gasteiger partial charge is 0.467 e. The van der Waals surface area contributed by atoms with Gasteiger partial charge in [-0.3, -0.25) is 0 Å². The van der Waals surface area contributed by atoms with E-state index in [0.717, 1.165) is 6.42 Å². The van der Waals surface area contributed by atoms with Crippen molar-refractivity contribution in [3.63, 3.8) is 0 Å². The van der Waals surface area contributed by atoms with Gasteiger partial charge in [0.25, 0.3) is 0 Å². The van der Waals surface area contributed by atoms with E-state index in [9.17, 15) is 9.90 Å². The second-order valence-corrected chi connectivity index (χ2v) is 4.37. The maximum Gasteiger partial charge on any atom is 0.334 e. The first-order chi connectivity index (χ1) is 7.02. The first-order valence-electron chi connectivity index (χ1n) is 5.42. The molecule has 4 heteroatoms. The number of esters is 1. The highest BCUT2D eigenvalue weighted by Crippen LogP contribution is 2.33. The Morgan fingerprint density at radius 1 is 1.73 bits per heavy atom. The minimum Gasteiger partial charge on any atom is -0.467 e. The molecule has 0 saturated carbocycles. The van der Waals surface area contributed by atoms with Gasteiger partial charge in [0, 0.05) is 12.5 Å². The molecule has 4 nitrogen and oxygen atoms in total. The molecule has 0 aliphatic carbocycles. The highest BCUT2D eigenvalue weighted by molar-refractivity contribution is 5.74. The van der Waals surface area contributed by atoms with Crippen LogP contribution in [0.2, 0.25) is 0 Å². The van der Waals surface area contributed by atoms with Crippen molar-refractivity contribution in [1.82, 2.24) is 0 Å². The van der Waals surface area contributed by atoms with Crippen LogP contribution in [-0.4, -0.2) is 36.5 Å². The summed E-state index contributed by atoms with van der Waals surface area (Å²) >= 11 is 0. The molecule has 88 valence electrons. The molecule has 0 spiro atoms. The number of rotatable bonds is 3. The van der Waals surface area contributed by atoms with Crippen molar-refractivity contribution in [3.8, 4) is 0 Å². The number of methoxy groups -OCH3 is 1. The number of carbonyl (C=O) groups excluding carboxylic acids is 1. The lowest BCUT2D eigenvalue weighted by atomic mass is 9.82. The van der Waals surface area contributed by atoms with Gasteiger partial charge >= 0.3 is 5.97 Å². The Morgan fingerprint density at radius 3 is 2.93 bits per heavy atom. The fraction of sp³-hybridized carbons (Fsp3) is 0.909. The highest BCUT2D eigenvalue weighted by Gasteiger charge is 2.37. The molecule has 15 heavy (non-hydrogen) atoms. The number of hydrogen-bond donors (Lipinski definition) is 1. The van der Waals surface area contributed by atoms with Gasteiger partial charge in [-0.1, -0.05) is 6.92 Å². The zero-order valence-corrected chi connectivity index (χ0v) is 9.66. The van der Waals surface area contributed by atoms with E-state index in [1.54, 1.807) is 0 Å². The minimum atomic E-state index is -1.01. The number of carbonyl (C=O) groups is 1. The zero-order valence-electron chi connectivity index (χ0n) is 9.66. The van der Waals surface area contributed by atoms with E-state index in [0.29, 0.717) is 19.4 Å². The quantitative estimate of drug-likeness (QED) is 0.718. The third-order valence-corrected chi connectivity index (χ3v) is 3.27. The number of aliphatic hydroxyl groups is 1. The molecule has 0 bridgehead atoms. The fourth-order valence-corrected chi connectivity index (χ4v) is 2.00. The summed E-state index contributed by atoms with van der Waals surface area (Å²) in [5.41, 5.74) is -0.210. The van der Waals surface area contributed by atoms with Crippen LogP contribution in [0.3, 0.4) is 0 Å². The third kappa shape index (κ3) is 2.92. The van der Waals surface area contributed by atoms with E-state index < -0.39 is 12.1 Å². The Bertz CT molecular complexity index is 229. The molecule has 0 aromatic carbocycles. The van der Waals surface area contributed by atoms with Crippen molar-refractivity contribution in [2.24, 2.45) is 5.92 Å². The predicted octanol–water partition coefficient (Wildman–Crippen LogP) is 1.12. The Kier molecular flexibility index (Phi) is 4.11. The van der Waals surface area contributed by atoms with Gasteiger partial charge in [-0.15, -0.1) is 0 Å². The van der Waals surface area contributed by atoms with E-state index in [1.807, 2.05) is 13.8 Å². The molecular weight excluding hydrogens is 196 g/mol. The van der Waals surface area contributed by atoms with E-state index in [-0.39, 0.29) is 11.5 Å². The van der Waals surface area contributed by atoms with Gasteiger partial charge in [0.1, 0.15) is 0 Å². The lowest BCUT2D eigenvalue weighted by molar-refractivity contribution is -0.161. The SMILES string of the molecule is CCC1(C)CC(C(O)C(=O)OC)CCO1. The molecule has 0 aromatic heterocycles. The number of aliphatic hydroxyl groups excluding tert-OH is 1. The Balaban J connectivity index is 2.60. The number of hydrogen-bond acceptors (Lipinski definition) is 4. The summed E-state index contributed by atoms with van der Waals surface area (Å²) in [6.45, 7) is 4.67.